The number of fused-ring (bicyclic) bond motifs is 1. The number of carbonyl (C=O) groups excluding carboxylic acids is 2. The molecule has 0 saturated carbocycles. The molecule has 4 aromatic rings. The molecule has 0 fully saturated rings. The van der Waals surface area contributed by atoms with Crippen LogP contribution in [0.15, 0.2) is 48.7 Å². The molecule has 0 amide bonds. The number of ether oxygens (including phenoxy) is 2. The molecule has 0 bridgehead atoms. The lowest BCUT2D eigenvalue weighted by molar-refractivity contribution is -0.123. The maximum Gasteiger partial charge on any atom is 0.297 e. The average molecular weight is 527 g/mol. The van der Waals surface area contributed by atoms with E-state index in [1.54, 1.807) is 30.3 Å². The fourth-order valence-electron chi connectivity index (χ4n) is 4.00. The summed E-state index contributed by atoms with van der Waals surface area (Å²) in [5.41, 5.74) is 3.89. The van der Waals surface area contributed by atoms with Gasteiger partial charge in [0.2, 0.25) is 5.78 Å². The molecule has 1 aromatic heterocycles. The smallest absolute Gasteiger partial charge is 0.297 e. The predicted molar refractivity (Wildman–Crippen MR) is 140 cm³/mol. The van der Waals surface area contributed by atoms with Gasteiger partial charge in [-0.2, -0.15) is 0 Å². The maximum atomic E-state index is 13.8. The monoisotopic (exact) mass is 526 g/mol. The van der Waals surface area contributed by atoms with Gasteiger partial charge in [-0.25, -0.2) is 0 Å². The van der Waals surface area contributed by atoms with Crippen LogP contribution in [0.5, 0.6) is 17.2 Å². The molecule has 0 spiro atoms. The minimum Gasteiger partial charge on any atom is -0.508 e. The number of benzene rings is 3. The van der Waals surface area contributed by atoms with Gasteiger partial charge in [-0.1, -0.05) is 40.9 Å². The van der Waals surface area contributed by atoms with Crippen molar-refractivity contribution in [1.82, 2.24) is 0 Å². The van der Waals surface area contributed by atoms with E-state index in [9.17, 15) is 14.7 Å². The number of aromatic hydroxyl groups is 1. The molecule has 0 radical (unpaired) electrons. The molecule has 1 N–H and O–H groups in total. The zero-order valence-corrected chi connectivity index (χ0v) is 21.3. The summed E-state index contributed by atoms with van der Waals surface area (Å²) in [7, 11) is 0. The largest absolute Gasteiger partial charge is 0.508 e. The Bertz CT molecular complexity index is 1460. The third-order valence-corrected chi connectivity index (χ3v) is 7.14. The number of aryl methyl sites for hydroxylation is 3. The van der Waals surface area contributed by atoms with E-state index in [-0.39, 0.29) is 28.1 Å². The van der Waals surface area contributed by atoms with Crippen LogP contribution in [0.3, 0.4) is 0 Å². The van der Waals surface area contributed by atoms with E-state index in [1.807, 2.05) is 32.9 Å². The zero-order valence-electron chi connectivity index (χ0n) is 19.0. The minimum atomic E-state index is -0.168. The second-order valence-electron chi connectivity index (χ2n) is 7.98. The van der Waals surface area contributed by atoms with E-state index < -0.39 is 0 Å². The van der Waals surface area contributed by atoms with Gasteiger partial charge in [0.1, 0.15) is 16.4 Å². The van der Waals surface area contributed by atoms with Crippen LogP contribution in [0.1, 0.15) is 37.5 Å². The lowest BCUT2D eigenvalue weighted by Crippen LogP contribution is -2.06. The summed E-state index contributed by atoms with van der Waals surface area (Å²) in [6.07, 6.45) is 2.63. The van der Waals surface area contributed by atoms with Crippen LogP contribution in [0, 0.1) is 20.8 Å². The van der Waals surface area contributed by atoms with Crippen LogP contribution >= 0.6 is 34.5 Å². The number of rotatable bonds is 7. The average Bonchev–Trinajstić information content (AvgIpc) is 3.12. The molecule has 5 nitrogen and oxygen atoms in total. The fraction of sp³-hybridized carbons (Fsp3) is 0.111. The molecule has 35 heavy (non-hydrogen) atoms. The quantitative estimate of drug-likeness (QED) is 0.150. The van der Waals surface area contributed by atoms with Crippen LogP contribution in [-0.4, -0.2) is 17.4 Å². The normalized spacial score (nSPS) is 11.2. The molecule has 0 aliphatic heterocycles. The maximum absolute atomic E-state index is 13.8. The SMILES string of the molecule is Cc1cc(C)c(C(=O)c2sc3cc(O)ccc3c2Oc2cc(Cl)c(/C=C/OC=O)c(Cl)c2)c(C)c1. The number of thiophene rings is 1. The highest BCUT2D eigenvalue weighted by molar-refractivity contribution is 7.21. The summed E-state index contributed by atoms with van der Waals surface area (Å²) in [6.45, 7) is 6.09. The van der Waals surface area contributed by atoms with Crippen molar-refractivity contribution in [3.8, 4) is 17.2 Å². The van der Waals surface area contributed by atoms with E-state index in [0.717, 1.165) is 16.7 Å². The van der Waals surface area contributed by atoms with Gasteiger partial charge >= 0.3 is 0 Å². The highest BCUT2D eigenvalue weighted by Crippen LogP contribution is 2.44. The Morgan fingerprint density at radius 3 is 2.29 bits per heavy atom. The number of ketones is 1. The van der Waals surface area contributed by atoms with Crippen molar-refractivity contribution < 1.29 is 24.2 Å². The van der Waals surface area contributed by atoms with Crippen LogP contribution in [0.2, 0.25) is 10.0 Å². The first-order valence-corrected chi connectivity index (χ1v) is 12.1. The molecule has 178 valence electrons. The molecule has 0 saturated heterocycles. The first kappa shape index (κ1) is 24.8. The van der Waals surface area contributed by atoms with E-state index in [2.05, 4.69) is 4.74 Å². The molecular formula is C27H20Cl2O5S. The molecule has 0 aliphatic rings. The first-order valence-electron chi connectivity index (χ1n) is 10.5. The number of hydrogen-bond acceptors (Lipinski definition) is 6. The third kappa shape index (κ3) is 5.05. The first-order chi connectivity index (χ1) is 16.7. The summed E-state index contributed by atoms with van der Waals surface area (Å²) in [5.74, 6) is 0.604. The molecular weight excluding hydrogens is 507 g/mol. The van der Waals surface area contributed by atoms with Crippen molar-refractivity contribution in [3.05, 3.63) is 91.5 Å². The van der Waals surface area contributed by atoms with Crippen molar-refractivity contribution in [1.29, 1.82) is 0 Å². The highest BCUT2D eigenvalue weighted by atomic mass is 35.5. The number of carbonyl (C=O) groups is 2. The highest BCUT2D eigenvalue weighted by Gasteiger charge is 2.25. The van der Waals surface area contributed by atoms with Crippen LogP contribution < -0.4 is 4.74 Å². The Morgan fingerprint density at radius 1 is 1.00 bits per heavy atom. The Morgan fingerprint density at radius 2 is 1.66 bits per heavy atom. The Labute approximate surface area is 216 Å². The summed E-state index contributed by atoms with van der Waals surface area (Å²) in [6, 6.07) is 11.9. The van der Waals surface area contributed by atoms with Gasteiger partial charge < -0.3 is 14.6 Å². The fourth-order valence-corrected chi connectivity index (χ4v) is 5.70. The zero-order chi connectivity index (χ0) is 25.3. The van der Waals surface area contributed by atoms with Crippen molar-refractivity contribution in [3.63, 3.8) is 0 Å². The van der Waals surface area contributed by atoms with Gasteiger partial charge in [0.25, 0.3) is 6.47 Å². The standard InChI is InChI=1S/C27H20Cl2O5S/c1-14-8-15(2)24(16(3)9-14)25(32)27-26(20-5-4-17(31)10-23(20)35-27)34-18-11-21(28)19(22(29)12-18)6-7-33-13-30/h4-13,31H,1-3H3/b7-6+. The van der Waals surface area contributed by atoms with Crippen molar-refractivity contribution in [2.45, 2.75) is 20.8 Å². The van der Waals surface area contributed by atoms with Crippen molar-refractivity contribution in [2.24, 2.45) is 0 Å². The van der Waals surface area contributed by atoms with Crippen LogP contribution in [0.25, 0.3) is 16.2 Å². The van der Waals surface area contributed by atoms with E-state index in [1.165, 1.54) is 23.7 Å². The van der Waals surface area contributed by atoms with Gasteiger partial charge in [-0.15, -0.1) is 11.3 Å². The van der Waals surface area contributed by atoms with Gasteiger partial charge in [-0.3, -0.25) is 9.59 Å². The number of phenolic OH excluding ortho intramolecular Hbond substituents is 1. The number of hydrogen-bond donors (Lipinski definition) is 1. The molecule has 0 unspecified atom stereocenters. The second kappa shape index (κ2) is 10.1. The topological polar surface area (TPSA) is 72.8 Å². The van der Waals surface area contributed by atoms with Gasteiger partial charge in [-0.05, 0) is 56.2 Å². The molecule has 8 heteroatoms. The second-order valence-corrected chi connectivity index (χ2v) is 9.85. The Kier molecular flexibility index (Phi) is 7.17. The minimum absolute atomic E-state index is 0.0896. The van der Waals surface area contributed by atoms with E-state index in [4.69, 9.17) is 27.9 Å². The molecule has 4 rings (SSSR count). The van der Waals surface area contributed by atoms with Gasteiger partial charge in [0.15, 0.2) is 5.75 Å². The third-order valence-electron chi connectivity index (χ3n) is 5.38. The van der Waals surface area contributed by atoms with Crippen molar-refractivity contribution >= 4 is 63.0 Å². The van der Waals surface area contributed by atoms with Crippen LogP contribution in [-0.2, 0) is 9.53 Å². The summed E-state index contributed by atoms with van der Waals surface area (Å²) >= 11 is 14.0. The van der Waals surface area contributed by atoms with Gasteiger partial charge in [0.05, 0.1) is 16.3 Å². The Hall–Kier alpha value is -3.32. The van der Waals surface area contributed by atoms with Gasteiger partial charge in [0, 0.05) is 33.3 Å². The Balaban J connectivity index is 1.83. The summed E-state index contributed by atoms with van der Waals surface area (Å²) in [4.78, 5) is 24.5. The molecule has 0 atom stereocenters. The summed E-state index contributed by atoms with van der Waals surface area (Å²) < 4.78 is 11.5. The number of halogens is 2. The predicted octanol–water partition coefficient (Wildman–Crippen LogP) is 8.01. The van der Waals surface area contributed by atoms with E-state index in [0.29, 0.717) is 37.6 Å². The molecule has 1 heterocycles. The lowest BCUT2D eigenvalue weighted by Gasteiger charge is -2.13. The summed E-state index contributed by atoms with van der Waals surface area (Å²) in [5, 5.41) is 11.2. The number of phenols is 1. The molecule has 0 aliphatic carbocycles. The van der Waals surface area contributed by atoms with Crippen LogP contribution in [0.4, 0.5) is 0 Å². The molecule has 3 aromatic carbocycles. The lowest BCUT2D eigenvalue weighted by atomic mass is 9.95. The van der Waals surface area contributed by atoms with Crippen molar-refractivity contribution in [2.75, 3.05) is 0 Å². The van der Waals surface area contributed by atoms with E-state index >= 15 is 0 Å².